The average Bonchev–Trinajstić information content (AvgIpc) is 2.57. The van der Waals surface area contributed by atoms with Crippen LogP contribution in [0.5, 0.6) is 0 Å². The Bertz CT molecular complexity index is 395. The van der Waals surface area contributed by atoms with Gasteiger partial charge in [0, 0.05) is 11.9 Å². The standard InChI is InChI=1S/C11H11NO/c12-7-3-5-10-8-9-4-1-2-6-11(9)13-10/h1-6,8H,7,12H2/b5-3+. The summed E-state index contributed by atoms with van der Waals surface area (Å²) in [4.78, 5) is 0. The number of hydrogen-bond acceptors (Lipinski definition) is 2. The lowest BCUT2D eigenvalue weighted by atomic mass is 10.2. The molecule has 0 fully saturated rings. The monoisotopic (exact) mass is 173 g/mol. The molecule has 0 unspecified atom stereocenters. The molecule has 1 heterocycles. The van der Waals surface area contributed by atoms with E-state index in [0.717, 1.165) is 16.7 Å². The quantitative estimate of drug-likeness (QED) is 0.757. The van der Waals surface area contributed by atoms with Crippen molar-refractivity contribution >= 4 is 17.0 Å². The Morgan fingerprint density at radius 1 is 1.31 bits per heavy atom. The van der Waals surface area contributed by atoms with Crippen LogP contribution in [0.4, 0.5) is 0 Å². The van der Waals surface area contributed by atoms with Gasteiger partial charge in [0.25, 0.3) is 0 Å². The molecule has 2 heteroatoms. The fourth-order valence-corrected chi connectivity index (χ4v) is 1.27. The van der Waals surface area contributed by atoms with Crippen LogP contribution in [-0.2, 0) is 0 Å². The fraction of sp³-hybridized carbons (Fsp3) is 0.0909. The lowest BCUT2D eigenvalue weighted by Gasteiger charge is -1.83. The summed E-state index contributed by atoms with van der Waals surface area (Å²) in [6.45, 7) is 0.539. The van der Waals surface area contributed by atoms with Gasteiger partial charge in [0.2, 0.25) is 0 Å². The second kappa shape index (κ2) is 3.46. The summed E-state index contributed by atoms with van der Waals surface area (Å²) in [5.41, 5.74) is 6.26. The summed E-state index contributed by atoms with van der Waals surface area (Å²) >= 11 is 0. The molecular formula is C11H11NO. The SMILES string of the molecule is NC/C=C/c1cc2ccccc2o1. The van der Waals surface area contributed by atoms with Gasteiger partial charge in [-0.05, 0) is 18.2 Å². The summed E-state index contributed by atoms with van der Waals surface area (Å²) in [6, 6.07) is 9.94. The van der Waals surface area contributed by atoms with Gasteiger partial charge in [-0.15, -0.1) is 0 Å². The van der Waals surface area contributed by atoms with Crippen LogP contribution >= 0.6 is 0 Å². The minimum Gasteiger partial charge on any atom is -0.457 e. The van der Waals surface area contributed by atoms with Gasteiger partial charge < -0.3 is 10.2 Å². The molecule has 2 aromatic rings. The first kappa shape index (κ1) is 8.08. The number of furan rings is 1. The number of fused-ring (bicyclic) bond motifs is 1. The molecule has 2 rings (SSSR count). The minimum absolute atomic E-state index is 0.539. The van der Waals surface area contributed by atoms with Crippen molar-refractivity contribution < 1.29 is 4.42 Å². The molecule has 0 atom stereocenters. The van der Waals surface area contributed by atoms with E-state index in [0.29, 0.717) is 6.54 Å². The van der Waals surface area contributed by atoms with Crippen molar-refractivity contribution in [1.29, 1.82) is 0 Å². The van der Waals surface area contributed by atoms with E-state index in [9.17, 15) is 0 Å². The molecule has 2 N–H and O–H groups in total. The van der Waals surface area contributed by atoms with Gasteiger partial charge in [-0.3, -0.25) is 0 Å². The Balaban J connectivity index is 2.44. The van der Waals surface area contributed by atoms with E-state index in [2.05, 4.69) is 0 Å². The van der Waals surface area contributed by atoms with Crippen LogP contribution in [0.1, 0.15) is 5.76 Å². The van der Waals surface area contributed by atoms with Crippen molar-refractivity contribution in [2.45, 2.75) is 0 Å². The first-order valence-corrected chi connectivity index (χ1v) is 4.25. The summed E-state index contributed by atoms with van der Waals surface area (Å²) < 4.78 is 5.53. The Kier molecular flexibility index (Phi) is 2.15. The third kappa shape index (κ3) is 1.63. The third-order valence-corrected chi connectivity index (χ3v) is 1.86. The maximum atomic E-state index is 5.53. The molecule has 0 aliphatic carbocycles. The van der Waals surface area contributed by atoms with E-state index in [-0.39, 0.29) is 0 Å². The van der Waals surface area contributed by atoms with E-state index in [4.69, 9.17) is 10.2 Å². The zero-order chi connectivity index (χ0) is 9.10. The molecule has 0 saturated heterocycles. The summed E-state index contributed by atoms with van der Waals surface area (Å²) in [5.74, 6) is 0.853. The van der Waals surface area contributed by atoms with Crippen LogP contribution in [-0.4, -0.2) is 6.54 Å². The molecule has 0 saturated carbocycles. The first-order chi connectivity index (χ1) is 6.40. The van der Waals surface area contributed by atoms with E-state index in [1.807, 2.05) is 42.5 Å². The Labute approximate surface area is 76.7 Å². The Morgan fingerprint density at radius 3 is 2.92 bits per heavy atom. The van der Waals surface area contributed by atoms with Crippen molar-refractivity contribution in [2.24, 2.45) is 5.73 Å². The van der Waals surface area contributed by atoms with Crippen molar-refractivity contribution in [1.82, 2.24) is 0 Å². The highest BCUT2D eigenvalue weighted by molar-refractivity contribution is 5.79. The van der Waals surface area contributed by atoms with Crippen LogP contribution in [0.2, 0.25) is 0 Å². The number of nitrogens with two attached hydrogens (primary N) is 1. The van der Waals surface area contributed by atoms with E-state index in [1.54, 1.807) is 0 Å². The van der Waals surface area contributed by atoms with E-state index < -0.39 is 0 Å². The van der Waals surface area contributed by atoms with Gasteiger partial charge in [-0.25, -0.2) is 0 Å². The van der Waals surface area contributed by atoms with Crippen molar-refractivity contribution in [3.63, 3.8) is 0 Å². The largest absolute Gasteiger partial charge is 0.457 e. The summed E-state index contributed by atoms with van der Waals surface area (Å²) in [7, 11) is 0. The van der Waals surface area contributed by atoms with Crippen LogP contribution in [0, 0.1) is 0 Å². The second-order valence-corrected chi connectivity index (χ2v) is 2.82. The smallest absolute Gasteiger partial charge is 0.134 e. The number of para-hydroxylation sites is 1. The molecule has 0 aliphatic rings. The Morgan fingerprint density at radius 2 is 2.15 bits per heavy atom. The highest BCUT2D eigenvalue weighted by Gasteiger charge is 1.97. The fourth-order valence-electron chi connectivity index (χ4n) is 1.27. The first-order valence-electron chi connectivity index (χ1n) is 4.25. The maximum absolute atomic E-state index is 5.53. The molecule has 0 spiro atoms. The van der Waals surface area contributed by atoms with E-state index >= 15 is 0 Å². The topological polar surface area (TPSA) is 39.2 Å². The maximum Gasteiger partial charge on any atom is 0.134 e. The highest BCUT2D eigenvalue weighted by atomic mass is 16.3. The van der Waals surface area contributed by atoms with Gasteiger partial charge in [0.05, 0.1) is 0 Å². The van der Waals surface area contributed by atoms with Gasteiger partial charge >= 0.3 is 0 Å². The number of hydrogen-bond donors (Lipinski definition) is 1. The van der Waals surface area contributed by atoms with Gasteiger partial charge in [-0.2, -0.15) is 0 Å². The molecular weight excluding hydrogens is 162 g/mol. The van der Waals surface area contributed by atoms with Crippen molar-refractivity contribution in [3.05, 3.63) is 42.2 Å². The zero-order valence-electron chi connectivity index (χ0n) is 7.23. The molecule has 2 nitrogen and oxygen atoms in total. The van der Waals surface area contributed by atoms with Gasteiger partial charge in [0.15, 0.2) is 0 Å². The molecule has 0 bridgehead atoms. The normalized spacial score (nSPS) is 11.5. The molecule has 0 aliphatic heterocycles. The molecule has 0 radical (unpaired) electrons. The molecule has 1 aromatic carbocycles. The van der Waals surface area contributed by atoms with Crippen molar-refractivity contribution in [2.75, 3.05) is 6.54 Å². The van der Waals surface area contributed by atoms with Crippen LogP contribution < -0.4 is 5.73 Å². The summed E-state index contributed by atoms with van der Waals surface area (Å²) in [6.07, 6.45) is 3.76. The van der Waals surface area contributed by atoms with Gasteiger partial charge in [0.1, 0.15) is 11.3 Å². The highest BCUT2D eigenvalue weighted by Crippen LogP contribution is 2.19. The van der Waals surface area contributed by atoms with E-state index in [1.165, 1.54) is 0 Å². The summed E-state index contributed by atoms with van der Waals surface area (Å²) in [5, 5.41) is 1.12. The molecule has 1 aromatic heterocycles. The predicted octanol–water partition coefficient (Wildman–Crippen LogP) is 2.40. The molecule has 66 valence electrons. The second-order valence-electron chi connectivity index (χ2n) is 2.82. The average molecular weight is 173 g/mol. The minimum atomic E-state index is 0.539. The van der Waals surface area contributed by atoms with Crippen molar-refractivity contribution in [3.8, 4) is 0 Å². The number of rotatable bonds is 2. The number of benzene rings is 1. The lowest BCUT2D eigenvalue weighted by molar-refractivity contribution is 0.604. The van der Waals surface area contributed by atoms with Crippen LogP contribution in [0.25, 0.3) is 17.0 Å². The zero-order valence-corrected chi connectivity index (χ0v) is 7.23. The van der Waals surface area contributed by atoms with Crippen LogP contribution in [0.3, 0.4) is 0 Å². The lowest BCUT2D eigenvalue weighted by Crippen LogP contribution is -1.91. The molecule has 0 amide bonds. The molecule has 13 heavy (non-hydrogen) atoms. The predicted molar refractivity (Wildman–Crippen MR) is 54.3 cm³/mol. The van der Waals surface area contributed by atoms with Crippen LogP contribution in [0.15, 0.2) is 40.8 Å². The third-order valence-electron chi connectivity index (χ3n) is 1.86. The Hall–Kier alpha value is -1.54. The van der Waals surface area contributed by atoms with Gasteiger partial charge in [-0.1, -0.05) is 24.3 Å².